The number of anilines is 1. The number of fused-ring (bicyclic) bond motifs is 1. The first-order valence-corrected chi connectivity index (χ1v) is 7.77. The number of halogens is 1. The van der Waals surface area contributed by atoms with E-state index in [1.165, 1.54) is 11.1 Å². The molecule has 0 N–H and O–H groups in total. The third-order valence-corrected chi connectivity index (χ3v) is 4.18. The molecule has 2 aliphatic rings. The number of nitrogens with zero attached hydrogens (tertiary/aromatic N) is 1. The molecule has 1 saturated heterocycles. The molecule has 1 fully saturated rings. The zero-order chi connectivity index (χ0) is 14.1. The average Bonchev–Trinajstić information content (AvgIpc) is 3.06. The minimum atomic E-state index is -0.233. The SMILES string of the molecule is CC(Cl)Cc1ccc2c(c1)CCN2C(=O)C1CCCO1. The van der Waals surface area contributed by atoms with Gasteiger partial charge in [-0.2, -0.15) is 0 Å². The number of amides is 1. The van der Waals surface area contributed by atoms with Crippen molar-refractivity contribution < 1.29 is 9.53 Å². The largest absolute Gasteiger partial charge is 0.368 e. The van der Waals surface area contributed by atoms with E-state index in [1.54, 1.807) is 0 Å². The predicted molar refractivity (Wildman–Crippen MR) is 80.5 cm³/mol. The van der Waals surface area contributed by atoms with Crippen molar-refractivity contribution in [1.29, 1.82) is 0 Å². The van der Waals surface area contributed by atoms with Crippen molar-refractivity contribution in [3.8, 4) is 0 Å². The van der Waals surface area contributed by atoms with Gasteiger partial charge in [0.05, 0.1) is 0 Å². The Kier molecular flexibility index (Phi) is 3.99. The maximum Gasteiger partial charge on any atom is 0.256 e. The second-order valence-electron chi connectivity index (χ2n) is 5.69. The monoisotopic (exact) mass is 293 g/mol. The highest BCUT2D eigenvalue weighted by Crippen LogP contribution is 2.31. The number of ether oxygens (including phenoxy) is 1. The first-order chi connectivity index (χ1) is 9.65. The maximum absolute atomic E-state index is 12.5. The Morgan fingerprint density at radius 1 is 1.55 bits per heavy atom. The molecule has 1 aromatic carbocycles. The number of rotatable bonds is 3. The van der Waals surface area contributed by atoms with Crippen molar-refractivity contribution in [2.45, 2.75) is 44.1 Å². The van der Waals surface area contributed by atoms with Crippen LogP contribution < -0.4 is 4.90 Å². The van der Waals surface area contributed by atoms with E-state index in [0.29, 0.717) is 6.61 Å². The van der Waals surface area contributed by atoms with E-state index < -0.39 is 0 Å². The van der Waals surface area contributed by atoms with Gasteiger partial charge >= 0.3 is 0 Å². The summed E-state index contributed by atoms with van der Waals surface area (Å²) in [5, 5.41) is 0.138. The summed E-state index contributed by atoms with van der Waals surface area (Å²) in [4.78, 5) is 14.3. The van der Waals surface area contributed by atoms with Crippen molar-refractivity contribution in [2.24, 2.45) is 0 Å². The molecule has 3 nitrogen and oxygen atoms in total. The van der Waals surface area contributed by atoms with Gasteiger partial charge in [0, 0.05) is 24.2 Å². The molecule has 1 aromatic rings. The molecular formula is C16H20ClNO2. The summed E-state index contributed by atoms with van der Waals surface area (Å²) < 4.78 is 5.51. The van der Waals surface area contributed by atoms with Crippen LogP contribution in [0.2, 0.25) is 0 Å². The summed E-state index contributed by atoms with van der Waals surface area (Å²) in [7, 11) is 0. The molecule has 0 radical (unpaired) electrons. The number of carbonyl (C=O) groups excluding carboxylic acids is 1. The molecule has 2 heterocycles. The van der Waals surface area contributed by atoms with Gasteiger partial charge in [-0.15, -0.1) is 11.6 Å². The molecule has 20 heavy (non-hydrogen) atoms. The van der Waals surface area contributed by atoms with Crippen molar-refractivity contribution in [1.82, 2.24) is 0 Å². The molecule has 0 bridgehead atoms. The second-order valence-corrected chi connectivity index (χ2v) is 6.43. The number of carbonyl (C=O) groups is 1. The zero-order valence-electron chi connectivity index (χ0n) is 11.8. The van der Waals surface area contributed by atoms with E-state index >= 15 is 0 Å². The van der Waals surface area contributed by atoms with E-state index in [0.717, 1.165) is 37.9 Å². The van der Waals surface area contributed by atoms with E-state index in [2.05, 4.69) is 18.2 Å². The molecule has 0 spiro atoms. The smallest absolute Gasteiger partial charge is 0.256 e. The fourth-order valence-electron chi connectivity index (χ4n) is 3.08. The van der Waals surface area contributed by atoms with Crippen LogP contribution in [-0.4, -0.2) is 30.5 Å². The number of hydrogen-bond donors (Lipinski definition) is 0. The fraction of sp³-hybridized carbons (Fsp3) is 0.562. The van der Waals surface area contributed by atoms with Gasteiger partial charge in [-0.25, -0.2) is 0 Å². The van der Waals surface area contributed by atoms with E-state index in [-0.39, 0.29) is 17.4 Å². The van der Waals surface area contributed by atoms with Crippen LogP contribution in [0.4, 0.5) is 5.69 Å². The molecule has 1 amide bonds. The van der Waals surface area contributed by atoms with Crippen LogP contribution in [0.15, 0.2) is 18.2 Å². The van der Waals surface area contributed by atoms with Crippen LogP contribution in [0.3, 0.4) is 0 Å². The Morgan fingerprint density at radius 3 is 3.10 bits per heavy atom. The van der Waals surface area contributed by atoms with Gasteiger partial charge in [0.2, 0.25) is 0 Å². The number of hydrogen-bond acceptors (Lipinski definition) is 2. The highest BCUT2D eigenvalue weighted by atomic mass is 35.5. The lowest BCUT2D eigenvalue weighted by Crippen LogP contribution is -2.37. The summed E-state index contributed by atoms with van der Waals surface area (Å²) >= 11 is 6.05. The average molecular weight is 294 g/mol. The number of benzene rings is 1. The van der Waals surface area contributed by atoms with Gasteiger partial charge in [-0.1, -0.05) is 12.1 Å². The summed E-state index contributed by atoms with van der Waals surface area (Å²) in [6, 6.07) is 6.33. The third-order valence-electron chi connectivity index (χ3n) is 4.03. The van der Waals surface area contributed by atoms with Crippen LogP contribution in [-0.2, 0) is 22.4 Å². The Hall–Kier alpha value is -1.06. The Balaban J connectivity index is 1.78. The zero-order valence-corrected chi connectivity index (χ0v) is 12.5. The molecule has 0 saturated carbocycles. The normalized spacial score (nSPS) is 22.9. The molecule has 4 heteroatoms. The topological polar surface area (TPSA) is 29.5 Å². The fourth-order valence-corrected chi connectivity index (χ4v) is 3.26. The van der Waals surface area contributed by atoms with E-state index in [9.17, 15) is 4.79 Å². The lowest BCUT2D eigenvalue weighted by molar-refractivity contribution is -0.127. The second kappa shape index (κ2) is 5.74. The van der Waals surface area contributed by atoms with Gasteiger partial charge in [0.15, 0.2) is 0 Å². The molecular weight excluding hydrogens is 274 g/mol. The van der Waals surface area contributed by atoms with Gasteiger partial charge in [0.25, 0.3) is 5.91 Å². The first kappa shape index (κ1) is 13.9. The predicted octanol–water partition coefficient (Wildman–Crippen LogP) is 2.92. The lowest BCUT2D eigenvalue weighted by atomic mass is 10.0. The van der Waals surface area contributed by atoms with Crippen LogP contribution in [0, 0.1) is 0 Å². The van der Waals surface area contributed by atoms with Crippen LogP contribution in [0.25, 0.3) is 0 Å². The molecule has 2 unspecified atom stereocenters. The Morgan fingerprint density at radius 2 is 2.40 bits per heavy atom. The summed E-state index contributed by atoms with van der Waals surface area (Å²) in [6.07, 6.45) is 3.41. The Bertz CT molecular complexity index is 509. The van der Waals surface area contributed by atoms with Crippen LogP contribution in [0.5, 0.6) is 0 Å². The van der Waals surface area contributed by atoms with Crippen molar-refractivity contribution in [2.75, 3.05) is 18.1 Å². The van der Waals surface area contributed by atoms with Crippen molar-refractivity contribution >= 4 is 23.2 Å². The van der Waals surface area contributed by atoms with Crippen LogP contribution >= 0.6 is 11.6 Å². The van der Waals surface area contributed by atoms with Gasteiger partial charge < -0.3 is 9.64 Å². The number of alkyl halides is 1. The third kappa shape index (κ3) is 2.70. The minimum Gasteiger partial charge on any atom is -0.368 e. The maximum atomic E-state index is 12.5. The van der Waals surface area contributed by atoms with Crippen LogP contribution in [0.1, 0.15) is 30.9 Å². The van der Waals surface area contributed by atoms with Gasteiger partial charge in [0.1, 0.15) is 6.10 Å². The van der Waals surface area contributed by atoms with E-state index in [4.69, 9.17) is 16.3 Å². The molecule has 0 aromatic heterocycles. The molecule has 2 atom stereocenters. The lowest BCUT2D eigenvalue weighted by Gasteiger charge is -2.21. The highest BCUT2D eigenvalue weighted by molar-refractivity contribution is 6.20. The van der Waals surface area contributed by atoms with Crippen molar-refractivity contribution in [3.63, 3.8) is 0 Å². The highest BCUT2D eigenvalue weighted by Gasteiger charge is 2.32. The molecule has 2 aliphatic heterocycles. The summed E-state index contributed by atoms with van der Waals surface area (Å²) in [6.45, 7) is 3.49. The van der Waals surface area contributed by atoms with Gasteiger partial charge in [-0.05, 0) is 49.8 Å². The quantitative estimate of drug-likeness (QED) is 0.802. The summed E-state index contributed by atoms with van der Waals surface area (Å²) in [5.74, 6) is 0.125. The molecule has 0 aliphatic carbocycles. The first-order valence-electron chi connectivity index (χ1n) is 7.34. The van der Waals surface area contributed by atoms with Crippen molar-refractivity contribution in [3.05, 3.63) is 29.3 Å². The van der Waals surface area contributed by atoms with E-state index in [1.807, 2.05) is 11.8 Å². The van der Waals surface area contributed by atoms with Gasteiger partial charge in [-0.3, -0.25) is 4.79 Å². The Labute approximate surface area is 124 Å². The minimum absolute atomic E-state index is 0.125. The standard InChI is InChI=1S/C16H20ClNO2/c1-11(17)9-12-4-5-14-13(10-12)6-7-18(14)16(19)15-3-2-8-20-15/h4-5,10-11,15H,2-3,6-9H2,1H3. The summed E-state index contributed by atoms with van der Waals surface area (Å²) in [5.41, 5.74) is 3.56. The molecule has 3 rings (SSSR count). The molecule has 108 valence electrons.